The highest BCUT2D eigenvalue weighted by Gasteiger charge is 2.04. The number of H-pyrrole nitrogens is 1. The predicted molar refractivity (Wildman–Crippen MR) is 53.9 cm³/mol. The summed E-state index contributed by atoms with van der Waals surface area (Å²) >= 11 is 3.33. The van der Waals surface area contributed by atoms with E-state index in [1.54, 1.807) is 12.4 Å². The average molecular weight is 239 g/mol. The summed E-state index contributed by atoms with van der Waals surface area (Å²) < 4.78 is 0.895. The van der Waals surface area contributed by atoms with E-state index in [0.717, 1.165) is 15.7 Å². The summed E-state index contributed by atoms with van der Waals surface area (Å²) in [6.07, 6.45) is 3.34. The van der Waals surface area contributed by atoms with Gasteiger partial charge in [-0.05, 0) is 28.1 Å². The zero-order valence-corrected chi connectivity index (χ0v) is 8.25. The first-order valence-electron chi connectivity index (χ1n) is 3.68. The molecule has 0 spiro atoms. The van der Waals surface area contributed by atoms with Gasteiger partial charge < -0.3 is 5.73 Å². The van der Waals surface area contributed by atoms with Crippen molar-refractivity contribution in [1.29, 1.82) is 0 Å². The first-order chi connectivity index (χ1) is 6.27. The molecule has 0 saturated carbocycles. The standard InChI is InChI=1S/C8H7BrN4/c9-5-3-6(8(10)11-4-5)7-1-2-12-13-7/h1-4H,(H2,10,11)(H,12,13). The normalized spacial score (nSPS) is 10.2. The smallest absolute Gasteiger partial charge is 0.132 e. The number of nitrogen functional groups attached to an aromatic ring is 1. The van der Waals surface area contributed by atoms with Gasteiger partial charge in [0.25, 0.3) is 0 Å². The van der Waals surface area contributed by atoms with Gasteiger partial charge in [-0.25, -0.2) is 4.98 Å². The Morgan fingerprint density at radius 2 is 2.31 bits per heavy atom. The van der Waals surface area contributed by atoms with Crippen molar-refractivity contribution < 1.29 is 0 Å². The zero-order valence-electron chi connectivity index (χ0n) is 6.66. The Labute approximate surface area is 83.3 Å². The number of halogens is 1. The molecule has 4 nitrogen and oxygen atoms in total. The minimum Gasteiger partial charge on any atom is -0.383 e. The van der Waals surface area contributed by atoms with E-state index in [0.29, 0.717) is 5.82 Å². The van der Waals surface area contributed by atoms with E-state index in [9.17, 15) is 0 Å². The molecular formula is C8H7BrN4. The van der Waals surface area contributed by atoms with Gasteiger partial charge in [-0.3, -0.25) is 5.10 Å². The highest BCUT2D eigenvalue weighted by atomic mass is 79.9. The molecule has 0 radical (unpaired) electrons. The number of hydrogen-bond donors (Lipinski definition) is 2. The van der Waals surface area contributed by atoms with Crippen LogP contribution in [-0.2, 0) is 0 Å². The molecular weight excluding hydrogens is 232 g/mol. The minimum atomic E-state index is 0.493. The first kappa shape index (κ1) is 8.25. The van der Waals surface area contributed by atoms with Gasteiger partial charge in [-0.2, -0.15) is 5.10 Å². The van der Waals surface area contributed by atoms with Gasteiger partial charge in [0.2, 0.25) is 0 Å². The number of aromatic amines is 1. The Bertz CT molecular complexity index is 410. The lowest BCUT2D eigenvalue weighted by Gasteiger charge is -2.01. The zero-order chi connectivity index (χ0) is 9.26. The summed E-state index contributed by atoms with van der Waals surface area (Å²) in [5.74, 6) is 0.493. The van der Waals surface area contributed by atoms with Crippen molar-refractivity contribution in [2.45, 2.75) is 0 Å². The second kappa shape index (κ2) is 3.18. The summed E-state index contributed by atoms with van der Waals surface area (Å²) in [5.41, 5.74) is 7.42. The highest BCUT2D eigenvalue weighted by molar-refractivity contribution is 9.10. The van der Waals surface area contributed by atoms with E-state index in [4.69, 9.17) is 5.73 Å². The Morgan fingerprint density at radius 1 is 1.46 bits per heavy atom. The lowest BCUT2D eigenvalue weighted by Crippen LogP contribution is -1.93. The summed E-state index contributed by atoms with van der Waals surface area (Å²) in [4.78, 5) is 4.02. The van der Waals surface area contributed by atoms with Crippen LogP contribution in [0.2, 0.25) is 0 Å². The Hall–Kier alpha value is -1.36. The van der Waals surface area contributed by atoms with Crippen LogP contribution in [0.15, 0.2) is 29.0 Å². The van der Waals surface area contributed by atoms with E-state index in [-0.39, 0.29) is 0 Å². The van der Waals surface area contributed by atoms with Crippen LogP contribution in [0.5, 0.6) is 0 Å². The van der Waals surface area contributed by atoms with Crippen LogP contribution in [-0.4, -0.2) is 15.2 Å². The monoisotopic (exact) mass is 238 g/mol. The molecule has 0 aliphatic heterocycles. The topological polar surface area (TPSA) is 67.6 Å². The molecule has 66 valence electrons. The van der Waals surface area contributed by atoms with Gasteiger partial charge in [-0.15, -0.1) is 0 Å². The number of rotatable bonds is 1. The third-order valence-corrected chi connectivity index (χ3v) is 2.11. The van der Waals surface area contributed by atoms with Crippen molar-refractivity contribution in [1.82, 2.24) is 15.2 Å². The predicted octanol–water partition coefficient (Wildman–Crippen LogP) is 1.82. The fourth-order valence-corrected chi connectivity index (χ4v) is 1.40. The number of anilines is 1. The Balaban J connectivity index is 2.57. The minimum absolute atomic E-state index is 0.493. The van der Waals surface area contributed by atoms with Crippen LogP contribution in [0.25, 0.3) is 11.3 Å². The molecule has 2 aromatic rings. The van der Waals surface area contributed by atoms with Gasteiger partial charge >= 0.3 is 0 Å². The van der Waals surface area contributed by atoms with Gasteiger partial charge in [-0.1, -0.05) is 0 Å². The quantitative estimate of drug-likeness (QED) is 0.797. The van der Waals surface area contributed by atoms with E-state index < -0.39 is 0 Å². The van der Waals surface area contributed by atoms with Crippen molar-refractivity contribution in [3.63, 3.8) is 0 Å². The van der Waals surface area contributed by atoms with E-state index in [2.05, 4.69) is 31.1 Å². The number of hydrogen-bond acceptors (Lipinski definition) is 3. The van der Waals surface area contributed by atoms with Crippen molar-refractivity contribution >= 4 is 21.7 Å². The average Bonchev–Trinajstić information content (AvgIpc) is 2.61. The molecule has 0 aliphatic rings. The number of nitrogens with zero attached hydrogens (tertiary/aromatic N) is 2. The molecule has 5 heteroatoms. The molecule has 2 aromatic heterocycles. The highest BCUT2D eigenvalue weighted by Crippen LogP contribution is 2.24. The summed E-state index contributed by atoms with van der Waals surface area (Å²) in [6.45, 7) is 0. The van der Waals surface area contributed by atoms with E-state index >= 15 is 0 Å². The fourth-order valence-electron chi connectivity index (χ4n) is 1.07. The van der Waals surface area contributed by atoms with Crippen molar-refractivity contribution in [3.8, 4) is 11.3 Å². The van der Waals surface area contributed by atoms with E-state index in [1.165, 1.54) is 0 Å². The lowest BCUT2D eigenvalue weighted by atomic mass is 10.2. The molecule has 0 atom stereocenters. The lowest BCUT2D eigenvalue weighted by molar-refractivity contribution is 1.09. The molecule has 0 fully saturated rings. The molecule has 3 N–H and O–H groups in total. The molecule has 0 bridgehead atoms. The molecule has 0 aromatic carbocycles. The number of aromatic nitrogens is 3. The van der Waals surface area contributed by atoms with Crippen LogP contribution in [0.4, 0.5) is 5.82 Å². The number of pyridine rings is 1. The van der Waals surface area contributed by atoms with Gasteiger partial charge in [0, 0.05) is 22.4 Å². The maximum Gasteiger partial charge on any atom is 0.132 e. The molecule has 2 rings (SSSR count). The second-order valence-corrected chi connectivity index (χ2v) is 3.47. The molecule has 0 unspecified atom stereocenters. The van der Waals surface area contributed by atoms with Crippen molar-refractivity contribution in [3.05, 3.63) is 29.0 Å². The van der Waals surface area contributed by atoms with Crippen LogP contribution < -0.4 is 5.73 Å². The Kier molecular flexibility index (Phi) is 2.02. The molecule has 2 heterocycles. The van der Waals surface area contributed by atoms with Gasteiger partial charge in [0.05, 0.1) is 5.69 Å². The number of nitrogens with one attached hydrogen (secondary N) is 1. The van der Waals surface area contributed by atoms with E-state index in [1.807, 2.05) is 12.1 Å². The summed E-state index contributed by atoms with van der Waals surface area (Å²) in [6, 6.07) is 3.75. The van der Waals surface area contributed by atoms with Gasteiger partial charge in [0.15, 0.2) is 0 Å². The third kappa shape index (κ3) is 1.55. The largest absolute Gasteiger partial charge is 0.383 e. The fraction of sp³-hybridized carbons (Fsp3) is 0. The summed E-state index contributed by atoms with van der Waals surface area (Å²) in [5, 5.41) is 6.68. The van der Waals surface area contributed by atoms with Crippen LogP contribution in [0.1, 0.15) is 0 Å². The second-order valence-electron chi connectivity index (χ2n) is 2.56. The summed E-state index contributed by atoms with van der Waals surface area (Å²) in [7, 11) is 0. The first-order valence-corrected chi connectivity index (χ1v) is 4.47. The Morgan fingerprint density at radius 3 is 3.00 bits per heavy atom. The maximum atomic E-state index is 5.70. The third-order valence-electron chi connectivity index (χ3n) is 1.68. The van der Waals surface area contributed by atoms with Crippen LogP contribution >= 0.6 is 15.9 Å². The molecule has 13 heavy (non-hydrogen) atoms. The number of nitrogens with two attached hydrogens (primary N) is 1. The molecule has 0 aliphatic carbocycles. The SMILES string of the molecule is Nc1ncc(Br)cc1-c1ccn[nH]1. The maximum absolute atomic E-state index is 5.70. The van der Waals surface area contributed by atoms with Crippen LogP contribution in [0.3, 0.4) is 0 Å². The van der Waals surface area contributed by atoms with Gasteiger partial charge in [0.1, 0.15) is 5.82 Å². The van der Waals surface area contributed by atoms with Crippen LogP contribution in [0, 0.1) is 0 Å². The van der Waals surface area contributed by atoms with Crippen molar-refractivity contribution in [2.75, 3.05) is 5.73 Å². The van der Waals surface area contributed by atoms with Crippen molar-refractivity contribution in [2.24, 2.45) is 0 Å². The molecule has 0 amide bonds. The molecule has 0 saturated heterocycles.